The summed E-state index contributed by atoms with van der Waals surface area (Å²) in [5.74, 6) is 1.51. The molecule has 0 aliphatic carbocycles. The van der Waals surface area contributed by atoms with Crippen LogP contribution in [0.1, 0.15) is 18.5 Å². The van der Waals surface area contributed by atoms with Crippen LogP contribution in [0.5, 0.6) is 11.5 Å². The van der Waals surface area contributed by atoms with Crippen molar-refractivity contribution in [2.75, 3.05) is 13.1 Å². The molecule has 6 heteroatoms. The summed E-state index contributed by atoms with van der Waals surface area (Å²) in [6.07, 6.45) is 5.39. The highest BCUT2D eigenvalue weighted by molar-refractivity contribution is 5.77. The number of nitriles is 1. The Morgan fingerprint density at radius 2 is 1.96 bits per heavy atom. The number of hydrogen-bond donors (Lipinski definition) is 0. The number of aromatic nitrogens is 1. The molecule has 0 unspecified atom stereocenters. The van der Waals surface area contributed by atoms with Gasteiger partial charge in [0.15, 0.2) is 0 Å². The first-order valence-electron chi connectivity index (χ1n) is 8.28. The molecule has 1 aromatic heterocycles. The maximum Gasteiger partial charge on any atom is 0.308 e. The first-order chi connectivity index (χ1) is 12.2. The Hall–Kier alpha value is -3.07. The number of nitrogens with zero attached hydrogens (tertiary/aromatic N) is 4. The van der Waals surface area contributed by atoms with Crippen LogP contribution in [0.4, 0.5) is 0 Å². The Balaban J connectivity index is 1.58. The lowest BCUT2D eigenvalue weighted by atomic mass is 10.1. The Morgan fingerprint density at radius 1 is 1.20 bits per heavy atom. The number of piperidine rings is 1. The van der Waals surface area contributed by atoms with Gasteiger partial charge in [-0.3, -0.25) is 4.98 Å². The first kappa shape index (κ1) is 16.8. The van der Waals surface area contributed by atoms with Gasteiger partial charge in [-0.25, -0.2) is 0 Å². The summed E-state index contributed by atoms with van der Waals surface area (Å²) in [5, 5.41) is 8.94. The molecule has 6 nitrogen and oxygen atoms in total. The Kier molecular flexibility index (Phi) is 5.47. The number of aliphatic imine (C=N–C) groups is 1. The van der Waals surface area contributed by atoms with Crippen molar-refractivity contribution in [1.29, 1.82) is 5.26 Å². The third kappa shape index (κ3) is 4.70. The van der Waals surface area contributed by atoms with Gasteiger partial charge in [0, 0.05) is 43.9 Å². The highest BCUT2D eigenvalue weighted by Crippen LogP contribution is 2.20. The summed E-state index contributed by atoms with van der Waals surface area (Å²) in [6, 6.07) is 13.5. The van der Waals surface area contributed by atoms with Crippen molar-refractivity contribution in [2.45, 2.75) is 25.9 Å². The van der Waals surface area contributed by atoms with Gasteiger partial charge < -0.3 is 14.4 Å². The minimum absolute atomic E-state index is 0.137. The van der Waals surface area contributed by atoms with Crippen molar-refractivity contribution >= 4 is 6.02 Å². The molecule has 0 N–H and O–H groups in total. The maximum atomic E-state index is 8.94. The van der Waals surface area contributed by atoms with Gasteiger partial charge in [0.25, 0.3) is 0 Å². The Labute approximate surface area is 147 Å². The van der Waals surface area contributed by atoms with Crippen molar-refractivity contribution in [3.63, 3.8) is 0 Å². The molecule has 0 bridgehead atoms. The summed E-state index contributed by atoms with van der Waals surface area (Å²) in [7, 11) is 0. The molecule has 1 aromatic carbocycles. The van der Waals surface area contributed by atoms with Crippen LogP contribution < -0.4 is 9.47 Å². The van der Waals surface area contributed by atoms with Crippen molar-refractivity contribution < 1.29 is 9.47 Å². The van der Waals surface area contributed by atoms with E-state index in [-0.39, 0.29) is 6.10 Å². The number of para-hydroxylation sites is 1. The molecule has 128 valence electrons. The molecule has 1 aliphatic heterocycles. The molecule has 3 rings (SSSR count). The average Bonchev–Trinajstić information content (AvgIpc) is 2.63. The summed E-state index contributed by atoms with van der Waals surface area (Å²) >= 11 is 0. The summed E-state index contributed by atoms with van der Waals surface area (Å²) in [6.45, 7) is 3.39. The number of ether oxygens (including phenoxy) is 2. The molecule has 1 aliphatic rings. The van der Waals surface area contributed by atoms with Crippen LogP contribution in [0, 0.1) is 18.4 Å². The lowest BCUT2D eigenvalue weighted by Crippen LogP contribution is -2.43. The molecule has 0 atom stereocenters. The van der Waals surface area contributed by atoms with Gasteiger partial charge in [0.05, 0.1) is 0 Å². The van der Waals surface area contributed by atoms with E-state index >= 15 is 0 Å². The van der Waals surface area contributed by atoms with Gasteiger partial charge >= 0.3 is 6.02 Å². The van der Waals surface area contributed by atoms with Gasteiger partial charge in [0.1, 0.15) is 17.6 Å². The van der Waals surface area contributed by atoms with Crippen LogP contribution in [0.25, 0.3) is 0 Å². The van der Waals surface area contributed by atoms with Crippen LogP contribution in [-0.2, 0) is 0 Å². The van der Waals surface area contributed by atoms with Crippen LogP contribution in [0.2, 0.25) is 0 Å². The number of hydrogen-bond acceptors (Lipinski definition) is 5. The standard InChI is InChI=1S/C19H20N4O2/c1-15-13-18(7-10-21-15)24-17-8-11-23(12-9-17)19(22-14-20)25-16-5-3-2-4-6-16/h2-7,10,13,17H,8-9,11-12H2,1H3. The lowest BCUT2D eigenvalue weighted by Gasteiger charge is -2.33. The van der Waals surface area contributed by atoms with E-state index in [0.29, 0.717) is 11.8 Å². The quantitative estimate of drug-likeness (QED) is 0.489. The topological polar surface area (TPSA) is 70.7 Å². The normalized spacial score (nSPS) is 15.5. The van der Waals surface area contributed by atoms with Crippen molar-refractivity contribution in [2.24, 2.45) is 4.99 Å². The third-order valence-electron chi connectivity index (χ3n) is 3.98. The number of rotatable bonds is 3. The first-order valence-corrected chi connectivity index (χ1v) is 8.28. The van der Waals surface area contributed by atoms with Crippen molar-refractivity contribution in [1.82, 2.24) is 9.88 Å². The predicted octanol–water partition coefficient (Wildman–Crippen LogP) is 3.15. The number of pyridine rings is 1. The van der Waals surface area contributed by atoms with E-state index in [1.807, 2.05) is 60.5 Å². The highest BCUT2D eigenvalue weighted by Gasteiger charge is 2.24. The van der Waals surface area contributed by atoms with Crippen LogP contribution in [0.3, 0.4) is 0 Å². The smallest absolute Gasteiger partial charge is 0.308 e. The van der Waals surface area contributed by atoms with E-state index in [1.165, 1.54) is 0 Å². The fourth-order valence-electron chi connectivity index (χ4n) is 2.75. The van der Waals surface area contributed by atoms with Crippen molar-refractivity contribution in [3.8, 4) is 17.7 Å². The molecular formula is C19H20N4O2. The van der Waals surface area contributed by atoms with Crippen LogP contribution in [-0.4, -0.2) is 35.1 Å². The van der Waals surface area contributed by atoms with Crippen LogP contribution >= 0.6 is 0 Å². The molecular weight excluding hydrogens is 316 g/mol. The molecule has 0 spiro atoms. The highest BCUT2D eigenvalue weighted by atomic mass is 16.5. The SMILES string of the molecule is Cc1cc(OC2CCN(C(=NC#N)Oc3ccccc3)CC2)ccn1. The van der Waals surface area contributed by atoms with Crippen molar-refractivity contribution in [3.05, 3.63) is 54.4 Å². The number of benzene rings is 1. The number of amidine groups is 1. The van der Waals surface area contributed by atoms with Gasteiger partial charge in [-0.1, -0.05) is 18.2 Å². The minimum atomic E-state index is 0.137. The molecule has 0 amide bonds. The predicted molar refractivity (Wildman–Crippen MR) is 94.3 cm³/mol. The Morgan fingerprint density at radius 3 is 2.64 bits per heavy atom. The van der Waals surface area contributed by atoms with Gasteiger partial charge in [0.2, 0.25) is 6.19 Å². The van der Waals surface area contributed by atoms with E-state index in [4.69, 9.17) is 14.7 Å². The molecule has 1 fully saturated rings. The molecule has 2 aromatic rings. The minimum Gasteiger partial charge on any atom is -0.490 e. The second kappa shape index (κ2) is 8.15. The van der Waals surface area contributed by atoms with Gasteiger partial charge in [-0.15, -0.1) is 4.99 Å². The largest absolute Gasteiger partial charge is 0.490 e. The summed E-state index contributed by atoms with van der Waals surface area (Å²) in [5.41, 5.74) is 0.939. The molecule has 0 saturated carbocycles. The maximum absolute atomic E-state index is 8.94. The van der Waals surface area contributed by atoms with E-state index in [1.54, 1.807) is 6.20 Å². The summed E-state index contributed by atoms with van der Waals surface area (Å²) in [4.78, 5) is 10.00. The number of aryl methyl sites for hydroxylation is 1. The third-order valence-corrected chi connectivity index (χ3v) is 3.98. The van der Waals surface area contributed by atoms with E-state index in [9.17, 15) is 0 Å². The molecule has 0 radical (unpaired) electrons. The molecule has 2 heterocycles. The zero-order chi connectivity index (χ0) is 17.5. The fourth-order valence-corrected chi connectivity index (χ4v) is 2.75. The van der Waals surface area contributed by atoms with Gasteiger partial charge in [-0.05, 0) is 25.1 Å². The zero-order valence-corrected chi connectivity index (χ0v) is 14.1. The average molecular weight is 336 g/mol. The van der Waals surface area contributed by atoms with Gasteiger partial charge in [-0.2, -0.15) is 5.26 Å². The monoisotopic (exact) mass is 336 g/mol. The zero-order valence-electron chi connectivity index (χ0n) is 14.1. The number of likely N-dealkylation sites (tertiary alicyclic amines) is 1. The van der Waals surface area contributed by atoms with Crippen LogP contribution in [0.15, 0.2) is 53.7 Å². The van der Waals surface area contributed by atoms with E-state index in [0.717, 1.165) is 37.4 Å². The lowest BCUT2D eigenvalue weighted by molar-refractivity contribution is 0.124. The van der Waals surface area contributed by atoms with E-state index < -0.39 is 0 Å². The molecule has 1 saturated heterocycles. The second-order valence-corrected chi connectivity index (χ2v) is 5.85. The molecule has 25 heavy (non-hydrogen) atoms. The summed E-state index contributed by atoms with van der Waals surface area (Å²) < 4.78 is 11.8. The fraction of sp³-hybridized carbons (Fsp3) is 0.316. The second-order valence-electron chi connectivity index (χ2n) is 5.85. The Bertz CT molecular complexity index is 762. The van der Waals surface area contributed by atoms with E-state index in [2.05, 4.69) is 9.98 Å².